The normalized spacial score (nSPS) is 11.5. The Morgan fingerprint density at radius 1 is 1.26 bits per heavy atom. The van der Waals surface area contributed by atoms with Crippen LogP contribution in [0.4, 0.5) is 10.1 Å². The fraction of sp³-hybridized carbons (Fsp3) is 0.182. The summed E-state index contributed by atoms with van der Waals surface area (Å²) in [6.45, 7) is 3.17. The number of aromatic amines is 1. The lowest BCUT2D eigenvalue weighted by atomic mass is 10.3. The van der Waals surface area contributed by atoms with E-state index >= 15 is 0 Å². The van der Waals surface area contributed by atoms with Crippen LogP contribution in [0.2, 0.25) is 0 Å². The van der Waals surface area contributed by atoms with E-state index < -0.39 is 15.8 Å². The average molecular weight is 284 g/mol. The highest BCUT2D eigenvalue weighted by Gasteiger charge is 2.22. The molecule has 8 heteroatoms. The van der Waals surface area contributed by atoms with E-state index in [0.29, 0.717) is 11.4 Å². The molecule has 0 aliphatic rings. The second-order valence-corrected chi connectivity index (χ2v) is 5.59. The number of hydrogen-bond donors (Lipinski definition) is 3. The van der Waals surface area contributed by atoms with Crippen molar-refractivity contribution in [3.63, 3.8) is 0 Å². The Labute approximate surface area is 110 Å². The molecule has 102 valence electrons. The summed E-state index contributed by atoms with van der Waals surface area (Å²) < 4.78 is 37.5. The molecule has 2 aromatic rings. The lowest BCUT2D eigenvalue weighted by molar-refractivity contribution is 0.585. The molecular weight excluding hydrogens is 271 g/mol. The summed E-state index contributed by atoms with van der Waals surface area (Å²) in [7, 11) is -3.81. The summed E-state index contributed by atoms with van der Waals surface area (Å²) in [6, 6.07) is 5.76. The van der Waals surface area contributed by atoms with Gasteiger partial charge in [0.25, 0.3) is 10.0 Å². The number of aromatic nitrogens is 2. The number of nitrogens with one attached hydrogen (secondary N) is 3. The summed E-state index contributed by atoms with van der Waals surface area (Å²) in [4.78, 5) is 2.17. The van der Waals surface area contributed by atoms with E-state index in [9.17, 15) is 12.8 Å². The van der Waals surface area contributed by atoms with E-state index in [1.54, 1.807) is 19.9 Å². The Bertz CT molecular complexity index is 677. The summed E-state index contributed by atoms with van der Waals surface area (Å²) in [5, 5.41) is 6.39. The highest BCUT2D eigenvalue weighted by atomic mass is 32.2. The topological polar surface area (TPSA) is 86.9 Å². The van der Waals surface area contributed by atoms with Crippen LogP contribution in [-0.4, -0.2) is 18.6 Å². The average Bonchev–Trinajstić information content (AvgIpc) is 2.69. The Hall–Kier alpha value is -1.93. The van der Waals surface area contributed by atoms with Crippen molar-refractivity contribution in [2.75, 3.05) is 5.43 Å². The molecule has 0 aliphatic carbocycles. The van der Waals surface area contributed by atoms with Crippen LogP contribution >= 0.6 is 0 Å². The monoisotopic (exact) mass is 284 g/mol. The molecule has 0 radical (unpaired) electrons. The predicted octanol–water partition coefficient (Wildman–Crippen LogP) is 1.47. The summed E-state index contributed by atoms with van der Waals surface area (Å²) in [5.74, 6) is -0.550. The van der Waals surface area contributed by atoms with Gasteiger partial charge in [0.05, 0.1) is 17.1 Å². The molecule has 3 N–H and O–H groups in total. The van der Waals surface area contributed by atoms with Crippen molar-refractivity contribution in [2.24, 2.45) is 0 Å². The van der Waals surface area contributed by atoms with Gasteiger partial charge in [0.15, 0.2) is 0 Å². The van der Waals surface area contributed by atoms with Crippen molar-refractivity contribution in [1.29, 1.82) is 0 Å². The zero-order valence-corrected chi connectivity index (χ0v) is 11.2. The zero-order chi connectivity index (χ0) is 14.0. The van der Waals surface area contributed by atoms with E-state index in [1.165, 1.54) is 18.2 Å². The van der Waals surface area contributed by atoms with E-state index in [4.69, 9.17) is 0 Å². The van der Waals surface area contributed by atoms with Crippen LogP contribution in [0.15, 0.2) is 29.2 Å². The fourth-order valence-electron chi connectivity index (χ4n) is 1.67. The highest BCUT2D eigenvalue weighted by molar-refractivity contribution is 7.89. The number of hydrogen-bond acceptors (Lipinski definition) is 4. The molecule has 0 amide bonds. The molecule has 0 spiro atoms. The molecule has 0 saturated carbocycles. The highest BCUT2D eigenvalue weighted by Crippen LogP contribution is 2.17. The zero-order valence-electron chi connectivity index (χ0n) is 10.4. The molecule has 0 atom stereocenters. The quantitative estimate of drug-likeness (QED) is 0.742. The molecule has 1 aromatic heterocycles. The van der Waals surface area contributed by atoms with Crippen molar-refractivity contribution >= 4 is 15.7 Å². The number of aryl methyl sites for hydroxylation is 2. The van der Waals surface area contributed by atoms with E-state index in [1.807, 2.05) is 0 Å². The molecule has 0 fully saturated rings. The SMILES string of the molecule is Cc1n[nH]c(C)c1S(=O)(=O)NNc1ccccc1F. The number of H-pyrrole nitrogens is 1. The number of hydrazine groups is 1. The lowest BCUT2D eigenvalue weighted by Gasteiger charge is -2.10. The van der Waals surface area contributed by atoms with Gasteiger partial charge in [-0.1, -0.05) is 12.1 Å². The maximum absolute atomic E-state index is 13.3. The lowest BCUT2D eigenvalue weighted by Crippen LogP contribution is -2.30. The van der Waals surface area contributed by atoms with Crippen LogP contribution in [-0.2, 0) is 10.0 Å². The smallest absolute Gasteiger partial charge is 0.260 e. The Kier molecular flexibility index (Phi) is 3.54. The standard InChI is InChI=1S/C11H13FN4O2S/c1-7-11(8(2)14-13-7)19(17,18)16-15-10-6-4-3-5-9(10)12/h3-6,15-16H,1-2H3,(H,13,14). The van der Waals surface area contributed by atoms with Gasteiger partial charge in [-0.05, 0) is 26.0 Å². The number of nitrogens with zero attached hydrogens (tertiary/aromatic N) is 1. The molecule has 1 heterocycles. The van der Waals surface area contributed by atoms with Gasteiger partial charge in [0.2, 0.25) is 0 Å². The van der Waals surface area contributed by atoms with Gasteiger partial charge >= 0.3 is 0 Å². The van der Waals surface area contributed by atoms with Crippen molar-refractivity contribution in [1.82, 2.24) is 15.0 Å². The molecule has 0 aliphatic heterocycles. The van der Waals surface area contributed by atoms with Crippen LogP contribution in [0.5, 0.6) is 0 Å². The van der Waals surface area contributed by atoms with E-state index in [0.717, 1.165) is 0 Å². The molecule has 0 bridgehead atoms. The Balaban J connectivity index is 2.22. The van der Waals surface area contributed by atoms with Crippen molar-refractivity contribution in [3.8, 4) is 0 Å². The first kappa shape index (κ1) is 13.5. The molecule has 1 aromatic carbocycles. The number of sulfonamides is 1. The van der Waals surface area contributed by atoms with Crippen LogP contribution in [0.3, 0.4) is 0 Å². The minimum atomic E-state index is -3.81. The molecule has 2 rings (SSSR count). The van der Waals surface area contributed by atoms with Gasteiger partial charge in [0, 0.05) is 0 Å². The number of para-hydroxylation sites is 1. The fourth-order valence-corrected chi connectivity index (χ4v) is 2.90. The van der Waals surface area contributed by atoms with Gasteiger partial charge in [-0.25, -0.2) is 12.8 Å². The first-order chi connectivity index (χ1) is 8.92. The summed E-state index contributed by atoms with van der Waals surface area (Å²) >= 11 is 0. The maximum atomic E-state index is 13.3. The maximum Gasteiger partial charge on any atom is 0.260 e. The van der Waals surface area contributed by atoms with Crippen molar-refractivity contribution in [3.05, 3.63) is 41.5 Å². The Morgan fingerprint density at radius 2 is 1.95 bits per heavy atom. The minimum Gasteiger partial charge on any atom is -0.305 e. The van der Waals surface area contributed by atoms with Gasteiger partial charge in [-0.2, -0.15) is 5.10 Å². The first-order valence-corrected chi connectivity index (χ1v) is 6.94. The molecule has 0 saturated heterocycles. The van der Waals surface area contributed by atoms with Crippen LogP contribution < -0.4 is 10.3 Å². The van der Waals surface area contributed by atoms with Crippen molar-refractivity contribution < 1.29 is 12.8 Å². The predicted molar refractivity (Wildman–Crippen MR) is 68.4 cm³/mol. The van der Waals surface area contributed by atoms with Crippen LogP contribution in [0.1, 0.15) is 11.4 Å². The van der Waals surface area contributed by atoms with Gasteiger partial charge in [0.1, 0.15) is 10.7 Å². The third-order valence-corrected chi connectivity index (χ3v) is 4.03. The minimum absolute atomic E-state index is 0.0462. The second-order valence-electron chi connectivity index (χ2n) is 3.97. The number of benzene rings is 1. The summed E-state index contributed by atoms with van der Waals surface area (Å²) in [5.41, 5.74) is 3.15. The number of anilines is 1. The number of rotatable bonds is 4. The van der Waals surface area contributed by atoms with E-state index in [2.05, 4.69) is 20.5 Å². The molecule has 0 unspecified atom stereocenters. The van der Waals surface area contributed by atoms with Crippen molar-refractivity contribution in [2.45, 2.75) is 18.7 Å². The van der Waals surface area contributed by atoms with Gasteiger partial charge in [-0.3, -0.25) is 5.10 Å². The second kappa shape index (κ2) is 4.98. The summed E-state index contributed by atoms with van der Waals surface area (Å²) in [6.07, 6.45) is 0. The molecule has 19 heavy (non-hydrogen) atoms. The van der Waals surface area contributed by atoms with Gasteiger partial charge < -0.3 is 5.43 Å². The number of halogens is 1. The van der Waals surface area contributed by atoms with Crippen LogP contribution in [0, 0.1) is 19.7 Å². The molecular formula is C11H13FN4O2S. The van der Waals surface area contributed by atoms with E-state index in [-0.39, 0.29) is 10.6 Å². The molecule has 6 nitrogen and oxygen atoms in total. The van der Waals surface area contributed by atoms with Gasteiger partial charge in [-0.15, -0.1) is 4.83 Å². The first-order valence-electron chi connectivity index (χ1n) is 5.46. The third kappa shape index (κ3) is 2.74. The largest absolute Gasteiger partial charge is 0.305 e. The Morgan fingerprint density at radius 3 is 2.53 bits per heavy atom. The van der Waals surface area contributed by atoms with Crippen LogP contribution in [0.25, 0.3) is 0 Å². The third-order valence-electron chi connectivity index (χ3n) is 2.52.